The van der Waals surface area contributed by atoms with Gasteiger partial charge in [0.15, 0.2) is 0 Å². The lowest BCUT2D eigenvalue weighted by molar-refractivity contribution is 0.588. The number of nitrogens with one attached hydrogen (secondary N) is 1. The van der Waals surface area contributed by atoms with Crippen LogP contribution < -0.4 is 10.2 Å². The Balaban J connectivity index is 1.83. The molecule has 2 aromatic heterocycles. The maximum atomic E-state index is 14.5. The van der Waals surface area contributed by atoms with E-state index < -0.39 is 0 Å². The van der Waals surface area contributed by atoms with Gasteiger partial charge in [0.1, 0.15) is 11.5 Å². The second-order valence-corrected chi connectivity index (χ2v) is 8.82. The van der Waals surface area contributed by atoms with Crippen LogP contribution in [0.3, 0.4) is 0 Å². The molecule has 4 nitrogen and oxygen atoms in total. The number of hydrogen-bond acceptors (Lipinski definition) is 3. The molecular weight excluding hydrogens is 411 g/mol. The minimum Gasteiger partial charge on any atom is -0.367 e. The third kappa shape index (κ3) is 4.02. The highest BCUT2D eigenvalue weighted by molar-refractivity contribution is 5.97. The Bertz CT molecular complexity index is 1260. The van der Waals surface area contributed by atoms with Gasteiger partial charge in [0, 0.05) is 49.9 Å². The van der Waals surface area contributed by atoms with Crippen molar-refractivity contribution in [3.63, 3.8) is 0 Å². The molecule has 0 bridgehead atoms. The van der Waals surface area contributed by atoms with Crippen molar-refractivity contribution in [1.29, 1.82) is 0 Å². The molecular formula is C28H31FN4. The molecule has 0 saturated carbocycles. The van der Waals surface area contributed by atoms with E-state index in [1.165, 1.54) is 22.3 Å². The van der Waals surface area contributed by atoms with Gasteiger partial charge in [-0.2, -0.15) is 0 Å². The summed E-state index contributed by atoms with van der Waals surface area (Å²) in [6, 6.07) is 18.0. The van der Waals surface area contributed by atoms with Crippen LogP contribution in [0.5, 0.6) is 0 Å². The lowest BCUT2D eigenvalue weighted by atomic mass is 10.0. The number of anilines is 1. The number of halogens is 1. The third-order valence-corrected chi connectivity index (χ3v) is 6.71. The molecule has 3 heterocycles. The van der Waals surface area contributed by atoms with Crippen molar-refractivity contribution in [2.24, 2.45) is 0 Å². The number of nitrogens with zero attached hydrogens (tertiary/aromatic N) is 3. The molecule has 2 aromatic carbocycles. The molecule has 0 amide bonds. The fourth-order valence-electron chi connectivity index (χ4n) is 5.04. The highest BCUT2D eigenvalue weighted by atomic mass is 19.1. The second kappa shape index (κ2) is 9.36. The standard InChI is InChI=1S/C28H31FN4/c1-3-8-21-13-14-31-28-26(21)27(32-17-15-30-16-18-32)25(33(28)23-10-5-4-6-11-23)19-22-9-7-12-24(29)20(22)2/h4-7,9-14,30H,3,8,15-19H2,1-2H3. The first-order chi connectivity index (χ1) is 16.2. The molecule has 5 heteroatoms. The van der Waals surface area contributed by atoms with Gasteiger partial charge in [-0.05, 0) is 54.3 Å². The van der Waals surface area contributed by atoms with Gasteiger partial charge in [-0.15, -0.1) is 0 Å². The molecule has 0 radical (unpaired) electrons. The van der Waals surface area contributed by atoms with Crippen molar-refractivity contribution < 1.29 is 4.39 Å². The van der Waals surface area contributed by atoms with Gasteiger partial charge in [-0.25, -0.2) is 9.37 Å². The molecule has 1 fully saturated rings. The van der Waals surface area contributed by atoms with Gasteiger partial charge in [0.2, 0.25) is 0 Å². The number of aryl methyl sites for hydroxylation is 1. The van der Waals surface area contributed by atoms with Gasteiger partial charge in [0.05, 0.1) is 11.4 Å². The van der Waals surface area contributed by atoms with Crippen molar-refractivity contribution >= 4 is 16.7 Å². The first kappa shape index (κ1) is 21.7. The summed E-state index contributed by atoms with van der Waals surface area (Å²) in [7, 11) is 0. The summed E-state index contributed by atoms with van der Waals surface area (Å²) in [6.45, 7) is 7.92. The zero-order valence-corrected chi connectivity index (χ0v) is 19.4. The summed E-state index contributed by atoms with van der Waals surface area (Å²) in [4.78, 5) is 7.41. The van der Waals surface area contributed by atoms with Crippen molar-refractivity contribution in [3.8, 4) is 5.69 Å². The van der Waals surface area contributed by atoms with E-state index in [0.717, 1.165) is 61.5 Å². The van der Waals surface area contributed by atoms with Crippen LogP contribution in [0, 0.1) is 12.7 Å². The zero-order chi connectivity index (χ0) is 22.8. The molecule has 1 N–H and O–H groups in total. The van der Waals surface area contributed by atoms with E-state index in [1.807, 2.05) is 31.3 Å². The molecule has 33 heavy (non-hydrogen) atoms. The third-order valence-electron chi connectivity index (χ3n) is 6.71. The maximum Gasteiger partial charge on any atom is 0.147 e. The van der Waals surface area contributed by atoms with E-state index in [2.05, 4.69) is 52.0 Å². The summed E-state index contributed by atoms with van der Waals surface area (Å²) >= 11 is 0. The molecule has 1 aliphatic heterocycles. The lowest BCUT2D eigenvalue weighted by Crippen LogP contribution is -2.44. The summed E-state index contributed by atoms with van der Waals surface area (Å²) in [5.74, 6) is -0.150. The molecule has 0 unspecified atom stereocenters. The van der Waals surface area contributed by atoms with Gasteiger partial charge in [-0.1, -0.05) is 43.7 Å². The van der Waals surface area contributed by atoms with Gasteiger partial charge in [-0.3, -0.25) is 4.57 Å². The fraction of sp³-hybridized carbons (Fsp3) is 0.321. The number of rotatable bonds is 6. The minimum atomic E-state index is -0.150. The monoisotopic (exact) mass is 442 g/mol. The first-order valence-electron chi connectivity index (χ1n) is 11.9. The molecule has 4 aromatic rings. The van der Waals surface area contributed by atoms with E-state index >= 15 is 0 Å². The molecule has 0 atom stereocenters. The molecule has 1 aliphatic rings. The van der Waals surface area contributed by atoms with Gasteiger partial charge in [0.25, 0.3) is 0 Å². The number of piperazine rings is 1. The van der Waals surface area contributed by atoms with Crippen LogP contribution in [0.2, 0.25) is 0 Å². The Kier molecular flexibility index (Phi) is 6.14. The minimum absolute atomic E-state index is 0.150. The van der Waals surface area contributed by atoms with Crippen LogP contribution in [-0.4, -0.2) is 35.7 Å². The molecule has 1 saturated heterocycles. The van der Waals surface area contributed by atoms with E-state index in [4.69, 9.17) is 4.98 Å². The SMILES string of the molecule is CCCc1ccnc2c1c(N1CCNCC1)c(Cc1cccc(F)c1C)n2-c1ccccc1. The normalized spacial score (nSPS) is 14.2. The molecule has 0 spiro atoms. The first-order valence-corrected chi connectivity index (χ1v) is 11.9. The number of para-hydroxylation sites is 1. The Morgan fingerprint density at radius 2 is 1.76 bits per heavy atom. The maximum absolute atomic E-state index is 14.5. The average molecular weight is 443 g/mol. The highest BCUT2D eigenvalue weighted by Gasteiger charge is 2.27. The fourth-order valence-corrected chi connectivity index (χ4v) is 5.04. The van der Waals surface area contributed by atoms with Crippen molar-refractivity contribution in [2.45, 2.75) is 33.1 Å². The van der Waals surface area contributed by atoms with E-state index in [0.29, 0.717) is 6.42 Å². The quantitative estimate of drug-likeness (QED) is 0.432. The van der Waals surface area contributed by atoms with Crippen molar-refractivity contribution in [3.05, 3.63) is 89.0 Å². The Hall–Kier alpha value is -3.18. The second-order valence-electron chi connectivity index (χ2n) is 8.82. The summed E-state index contributed by atoms with van der Waals surface area (Å²) in [5, 5.41) is 4.73. The molecule has 170 valence electrons. The number of aromatic nitrogens is 2. The van der Waals surface area contributed by atoms with Crippen LogP contribution >= 0.6 is 0 Å². The van der Waals surface area contributed by atoms with Crippen LogP contribution in [0.4, 0.5) is 10.1 Å². The van der Waals surface area contributed by atoms with Crippen LogP contribution in [0.25, 0.3) is 16.7 Å². The van der Waals surface area contributed by atoms with Crippen molar-refractivity contribution in [1.82, 2.24) is 14.9 Å². The lowest BCUT2D eigenvalue weighted by Gasteiger charge is -2.31. The number of hydrogen-bond donors (Lipinski definition) is 1. The predicted molar refractivity (Wildman–Crippen MR) is 134 cm³/mol. The summed E-state index contributed by atoms with van der Waals surface area (Å²) in [6.07, 6.45) is 4.68. The van der Waals surface area contributed by atoms with Gasteiger partial charge < -0.3 is 10.2 Å². The van der Waals surface area contributed by atoms with E-state index in [-0.39, 0.29) is 5.82 Å². The number of fused-ring (bicyclic) bond motifs is 1. The van der Waals surface area contributed by atoms with Crippen LogP contribution in [0.1, 0.15) is 35.7 Å². The summed E-state index contributed by atoms with van der Waals surface area (Å²) in [5.41, 5.74) is 7.60. The predicted octanol–water partition coefficient (Wildman–Crippen LogP) is 5.43. The molecule has 5 rings (SSSR count). The summed E-state index contributed by atoms with van der Waals surface area (Å²) < 4.78 is 16.8. The topological polar surface area (TPSA) is 33.1 Å². The number of benzene rings is 2. The Morgan fingerprint density at radius 1 is 0.970 bits per heavy atom. The number of pyridine rings is 1. The Labute approximate surface area is 195 Å². The van der Waals surface area contributed by atoms with Crippen LogP contribution in [-0.2, 0) is 12.8 Å². The Morgan fingerprint density at radius 3 is 2.52 bits per heavy atom. The zero-order valence-electron chi connectivity index (χ0n) is 19.4. The molecule has 0 aliphatic carbocycles. The van der Waals surface area contributed by atoms with Gasteiger partial charge >= 0.3 is 0 Å². The van der Waals surface area contributed by atoms with Crippen molar-refractivity contribution in [2.75, 3.05) is 31.1 Å². The largest absolute Gasteiger partial charge is 0.367 e. The highest BCUT2D eigenvalue weighted by Crippen LogP contribution is 2.39. The smallest absolute Gasteiger partial charge is 0.147 e. The van der Waals surface area contributed by atoms with E-state index in [1.54, 1.807) is 6.07 Å². The average Bonchev–Trinajstić information content (AvgIpc) is 3.18. The van der Waals surface area contributed by atoms with E-state index in [9.17, 15) is 4.39 Å². The van der Waals surface area contributed by atoms with Crippen LogP contribution in [0.15, 0.2) is 60.8 Å².